The van der Waals surface area contributed by atoms with E-state index in [1.54, 1.807) is 38.1 Å². The Bertz CT molecular complexity index is 851. The summed E-state index contributed by atoms with van der Waals surface area (Å²) in [6.45, 7) is 4.04. The molecule has 24 heavy (non-hydrogen) atoms. The molecule has 0 saturated heterocycles. The van der Waals surface area contributed by atoms with Crippen molar-refractivity contribution in [1.82, 2.24) is 9.78 Å². The zero-order chi connectivity index (χ0) is 18.0. The Hall–Kier alpha value is -2.19. The third-order valence-corrected chi connectivity index (χ3v) is 4.44. The van der Waals surface area contributed by atoms with E-state index in [0.29, 0.717) is 23.2 Å². The van der Waals surface area contributed by atoms with E-state index >= 15 is 0 Å². The van der Waals surface area contributed by atoms with Crippen molar-refractivity contribution in [2.24, 2.45) is 0 Å². The first-order valence-corrected chi connectivity index (χ1v) is 8.75. The third kappa shape index (κ3) is 3.34. The summed E-state index contributed by atoms with van der Waals surface area (Å²) in [5, 5.41) is 2.77. The van der Waals surface area contributed by atoms with Crippen LogP contribution in [0, 0.1) is 6.92 Å². The summed E-state index contributed by atoms with van der Waals surface area (Å²) in [6, 6.07) is 3.27. The molecule has 0 bridgehead atoms. The van der Waals surface area contributed by atoms with Crippen LogP contribution in [-0.2, 0) is 23.4 Å². The molecule has 0 saturated carbocycles. The van der Waals surface area contributed by atoms with E-state index in [-0.39, 0.29) is 22.7 Å². The average molecular weight is 351 g/mol. The van der Waals surface area contributed by atoms with Crippen molar-refractivity contribution in [2.45, 2.75) is 26.1 Å². The van der Waals surface area contributed by atoms with Gasteiger partial charge in [0, 0.05) is 38.1 Å². The number of carbonyl (C=O) groups excluding carboxylic acids is 1. The van der Waals surface area contributed by atoms with Gasteiger partial charge in [0.15, 0.2) is 11.1 Å². The Kier molecular flexibility index (Phi) is 5.40. The molecule has 1 unspecified atom stereocenters. The first-order valence-electron chi connectivity index (χ1n) is 7.48. The molecule has 0 fully saturated rings. The van der Waals surface area contributed by atoms with Gasteiger partial charge in [0.05, 0.1) is 5.75 Å². The highest BCUT2D eigenvalue weighted by molar-refractivity contribution is 7.78. The van der Waals surface area contributed by atoms with Gasteiger partial charge in [-0.15, -0.1) is 0 Å². The molecule has 0 radical (unpaired) electrons. The van der Waals surface area contributed by atoms with Crippen molar-refractivity contribution in [3.8, 4) is 0 Å². The molecule has 0 spiro atoms. The van der Waals surface area contributed by atoms with Crippen molar-refractivity contribution in [2.75, 3.05) is 19.0 Å². The summed E-state index contributed by atoms with van der Waals surface area (Å²) < 4.78 is 21.7. The molecule has 2 aromatic rings. The number of aromatic nitrogens is 2. The Morgan fingerprint density at radius 3 is 2.50 bits per heavy atom. The number of nitrogens with one attached hydrogen (secondary N) is 1. The predicted octanol–water partition coefficient (Wildman–Crippen LogP) is 1.52. The van der Waals surface area contributed by atoms with Gasteiger partial charge < -0.3 is 14.6 Å². The van der Waals surface area contributed by atoms with Crippen molar-refractivity contribution < 1.29 is 13.6 Å². The van der Waals surface area contributed by atoms with Crippen LogP contribution >= 0.6 is 0 Å². The van der Waals surface area contributed by atoms with E-state index in [0.717, 1.165) is 5.69 Å². The quantitative estimate of drug-likeness (QED) is 0.608. The maximum absolute atomic E-state index is 12.8. The molecular weight excluding hydrogens is 330 g/mol. The van der Waals surface area contributed by atoms with Crippen LogP contribution in [0.15, 0.2) is 23.1 Å². The summed E-state index contributed by atoms with van der Waals surface area (Å²) >= 11 is -1.98. The van der Waals surface area contributed by atoms with Crippen LogP contribution in [0.1, 0.15) is 34.0 Å². The van der Waals surface area contributed by atoms with E-state index in [1.807, 2.05) is 6.92 Å². The van der Waals surface area contributed by atoms with Gasteiger partial charge >= 0.3 is 0 Å². The molecule has 1 aromatic carbocycles. The van der Waals surface area contributed by atoms with Gasteiger partial charge in [0.2, 0.25) is 5.78 Å². The number of aromatic amines is 1. The summed E-state index contributed by atoms with van der Waals surface area (Å²) in [5.74, 6) is -0.379. The van der Waals surface area contributed by atoms with Crippen LogP contribution in [0.5, 0.6) is 0 Å². The normalized spacial score (nSPS) is 12.2. The summed E-state index contributed by atoms with van der Waals surface area (Å²) in [6.07, 6.45) is 1.42. The minimum Gasteiger partial charge on any atom is -0.377 e. The number of benzene rings is 1. The Labute approximate surface area is 142 Å². The minimum absolute atomic E-state index is 0.0182. The molecule has 8 heteroatoms. The van der Waals surface area contributed by atoms with Gasteiger partial charge in [0.1, 0.15) is 5.56 Å². The van der Waals surface area contributed by atoms with E-state index in [1.165, 1.54) is 10.9 Å². The SMILES string of the molecule is CCn1[nH]cc(C(=O)c2ccc(CS(=O)O)c(N(C)C)c2C)c1=O. The highest BCUT2D eigenvalue weighted by atomic mass is 32.2. The smallest absolute Gasteiger partial charge is 0.277 e. The standard InChI is InChI=1S/C16H21N3O4S/c1-5-19-16(21)13(8-17-19)15(20)12-7-6-11(9-24(22)23)14(10(12)2)18(3)4/h6-8,17H,5,9H2,1-4H3,(H,22,23). The number of hydrogen-bond acceptors (Lipinski definition) is 4. The van der Waals surface area contributed by atoms with Crippen LogP contribution in [0.2, 0.25) is 0 Å². The molecule has 2 rings (SSSR count). The number of carbonyl (C=O) groups is 1. The second-order valence-corrected chi connectivity index (χ2v) is 6.60. The number of ketones is 1. The van der Waals surface area contributed by atoms with Gasteiger partial charge in [0.25, 0.3) is 5.56 Å². The zero-order valence-electron chi connectivity index (χ0n) is 14.1. The third-order valence-electron chi connectivity index (χ3n) is 3.89. The first kappa shape index (κ1) is 18.2. The van der Waals surface area contributed by atoms with Crippen LogP contribution in [0.25, 0.3) is 0 Å². The monoisotopic (exact) mass is 351 g/mol. The largest absolute Gasteiger partial charge is 0.377 e. The molecule has 2 N–H and O–H groups in total. The van der Waals surface area contributed by atoms with Crippen LogP contribution in [-0.4, -0.2) is 38.4 Å². The van der Waals surface area contributed by atoms with Gasteiger partial charge in [-0.1, -0.05) is 12.1 Å². The molecule has 1 atom stereocenters. The molecular formula is C16H21N3O4S. The van der Waals surface area contributed by atoms with Gasteiger partial charge in [-0.05, 0) is 25.0 Å². The van der Waals surface area contributed by atoms with Gasteiger partial charge in [-0.3, -0.25) is 14.3 Å². The van der Waals surface area contributed by atoms with E-state index in [4.69, 9.17) is 4.55 Å². The summed E-state index contributed by atoms with van der Waals surface area (Å²) in [7, 11) is 3.61. The fourth-order valence-electron chi connectivity index (χ4n) is 2.83. The lowest BCUT2D eigenvalue weighted by Gasteiger charge is -2.21. The highest BCUT2D eigenvalue weighted by Crippen LogP contribution is 2.28. The number of hydrogen-bond donors (Lipinski definition) is 2. The number of anilines is 1. The van der Waals surface area contributed by atoms with Crippen molar-refractivity contribution in [3.05, 3.63) is 50.9 Å². The first-order chi connectivity index (χ1) is 11.3. The maximum atomic E-state index is 12.8. The molecule has 0 aliphatic carbocycles. The van der Waals surface area contributed by atoms with Crippen molar-refractivity contribution in [3.63, 3.8) is 0 Å². The lowest BCUT2D eigenvalue weighted by molar-refractivity contribution is 0.103. The number of aryl methyl sites for hydroxylation is 1. The maximum Gasteiger partial charge on any atom is 0.277 e. The molecule has 0 amide bonds. The molecule has 0 aliphatic heterocycles. The van der Waals surface area contributed by atoms with Crippen LogP contribution < -0.4 is 10.5 Å². The second-order valence-electron chi connectivity index (χ2n) is 5.67. The number of nitrogens with zero attached hydrogens (tertiary/aromatic N) is 2. The van der Waals surface area contributed by atoms with E-state index < -0.39 is 11.1 Å². The minimum atomic E-state index is -1.98. The average Bonchev–Trinajstić information content (AvgIpc) is 2.86. The second kappa shape index (κ2) is 7.14. The molecule has 0 aliphatic rings. The molecule has 1 heterocycles. The fourth-order valence-corrected chi connectivity index (χ4v) is 3.32. The van der Waals surface area contributed by atoms with Gasteiger partial charge in [-0.25, -0.2) is 4.21 Å². The predicted molar refractivity (Wildman–Crippen MR) is 94.1 cm³/mol. The Morgan fingerprint density at radius 1 is 1.33 bits per heavy atom. The number of H-pyrrole nitrogens is 1. The molecule has 7 nitrogen and oxygen atoms in total. The van der Waals surface area contributed by atoms with Crippen molar-refractivity contribution >= 4 is 22.6 Å². The van der Waals surface area contributed by atoms with E-state index in [9.17, 15) is 13.8 Å². The number of rotatable bonds is 6. The summed E-state index contributed by atoms with van der Waals surface area (Å²) in [5.41, 5.74) is 2.21. The van der Waals surface area contributed by atoms with Crippen LogP contribution in [0.3, 0.4) is 0 Å². The van der Waals surface area contributed by atoms with Gasteiger partial charge in [-0.2, -0.15) is 0 Å². The molecule has 1 aromatic heterocycles. The summed E-state index contributed by atoms with van der Waals surface area (Å²) in [4.78, 5) is 26.8. The van der Waals surface area contributed by atoms with Crippen LogP contribution in [0.4, 0.5) is 5.69 Å². The van der Waals surface area contributed by atoms with E-state index in [2.05, 4.69) is 5.10 Å². The Balaban J connectivity index is 2.56. The fraction of sp³-hybridized carbons (Fsp3) is 0.375. The zero-order valence-corrected chi connectivity index (χ0v) is 14.9. The lowest BCUT2D eigenvalue weighted by Crippen LogP contribution is -2.22. The Morgan fingerprint density at radius 2 is 2.00 bits per heavy atom. The molecule has 130 valence electrons. The van der Waals surface area contributed by atoms with Crippen molar-refractivity contribution in [1.29, 1.82) is 0 Å². The lowest BCUT2D eigenvalue weighted by atomic mass is 9.96. The topological polar surface area (TPSA) is 95.4 Å². The highest BCUT2D eigenvalue weighted by Gasteiger charge is 2.21.